The zero-order valence-corrected chi connectivity index (χ0v) is 19.1. The fraction of sp³-hybridized carbons (Fsp3) is 0.136. The Balaban J connectivity index is 1.21. The second-order valence-corrected chi connectivity index (χ2v) is 9.69. The Morgan fingerprint density at radius 1 is 1.06 bits per heavy atom. The normalized spacial score (nSPS) is 12.8. The van der Waals surface area contributed by atoms with Crippen LogP contribution < -0.4 is 14.2 Å². The predicted molar refractivity (Wildman–Crippen MR) is 121 cm³/mol. The van der Waals surface area contributed by atoms with Crippen LogP contribution in [0, 0.1) is 0 Å². The molecule has 0 fully saturated rings. The maximum absolute atomic E-state index is 12.7. The summed E-state index contributed by atoms with van der Waals surface area (Å²) in [7, 11) is -3.87. The van der Waals surface area contributed by atoms with E-state index in [1.807, 2.05) is 17.5 Å². The average molecular weight is 500 g/mol. The summed E-state index contributed by atoms with van der Waals surface area (Å²) >= 11 is 1.46. The molecule has 12 heteroatoms. The molecule has 0 radical (unpaired) electrons. The van der Waals surface area contributed by atoms with Gasteiger partial charge in [-0.05, 0) is 47.8 Å². The van der Waals surface area contributed by atoms with E-state index in [-0.39, 0.29) is 28.6 Å². The smallest absolute Gasteiger partial charge is 0.338 e. The standard InChI is InChI=1S/C22H17N3O7S2/c26-22(31-13-20-23-21(32-24-20)19-2-1-11-33-19)14-3-5-15(6-4-14)25-34(27,28)16-7-8-17-18(12-16)30-10-9-29-17/h1-8,11-12,25H,9-10,13H2. The summed E-state index contributed by atoms with van der Waals surface area (Å²) in [4.78, 5) is 17.4. The van der Waals surface area contributed by atoms with E-state index >= 15 is 0 Å². The van der Waals surface area contributed by atoms with Crippen LogP contribution in [0.25, 0.3) is 10.8 Å². The maximum atomic E-state index is 12.7. The number of nitrogens with one attached hydrogen (secondary N) is 1. The molecular formula is C22H17N3O7S2. The number of fused-ring (bicyclic) bond motifs is 1. The summed E-state index contributed by atoms with van der Waals surface area (Å²) in [6.45, 7) is 0.605. The molecular weight excluding hydrogens is 482 g/mol. The zero-order chi connectivity index (χ0) is 23.5. The van der Waals surface area contributed by atoms with E-state index < -0.39 is 16.0 Å². The van der Waals surface area contributed by atoms with Crippen molar-refractivity contribution in [3.05, 3.63) is 71.4 Å². The van der Waals surface area contributed by atoms with Crippen molar-refractivity contribution >= 4 is 33.0 Å². The first-order valence-electron chi connectivity index (χ1n) is 10.0. The molecule has 3 heterocycles. The number of esters is 1. The van der Waals surface area contributed by atoms with Crippen molar-refractivity contribution in [2.75, 3.05) is 17.9 Å². The fourth-order valence-electron chi connectivity index (χ4n) is 3.11. The Labute approximate surface area is 198 Å². The number of carbonyl (C=O) groups excluding carboxylic acids is 1. The molecule has 0 atom stereocenters. The van der Waals surface area contributed by atoms with Gasteiger partial charge in [-0.3, -0.25) is 4.72 Å². The lowest BCUT2D eigenvalue weighted by Gasteiger charge is -2.19. The fourth-order valence-corrected chi connectivity index (χ4v) is 4.82. The molecule has 0 unspecified atom stereocenters. The number of benzene rings is 2. The molecule has 0 bridgehead atoms. The van der Waals surface area contributed by atoms with Crippen LogP contribution in [0.5, 0.6) is 11.5 Å². The summed E-state index contributed by atoms with van der Waals surface area (Å²) in [6.07, 6.45) is 0. The highest BCUT2D eigenvalue weighted by atomic mass is 32.2. The summed E-state index contributed by atoms with van der Waals surface area (Å²) in [5.74, 6) is 0.855. The number of rotatable bonds is 7. The third-order valence-electron chi connectivity index (χ3n) is 4.73. The Bertz CT molecular complexity index is 1420. The van der Waals surface area contributed by atoms with Crippen LogP contribution in [-0.4, -0.2) is 37.7 Å². The number of hydrogen-bond donors (Lipinski definition) is 1. The summed E-state index contributed by atoms with van der Waals surface area (Å²) in [5, 5.41) is 5.69. The second kappa shape index (κ2) is 9.15. The minimum absolute atomic E-state index is 0.0299. The highest BCUT2D eigenvalue weighted by molar-refractivity contribution is 7.92. The van der Waals surface area contributed by atoms with Gasteiger partial charge in [0.05, 0.1) is 15.3 Å². The lowest BCUT2D eigenvalue weighted by Crippen LogP contribution is -2.17. The number of ether oxygens (including phenoxy) is 3. The lowest BCUT2D eigenvalue weighted by atomic mass is 10.2. The summed E-state index contributed by atoms with van der Waals surface area (Å²) < 4.78 is 49.2. The summed E-state index contributed by atoms with van der Waals surface area (Å²) in [6, 6.07) is 13.9. The number of anilines is 1. The number of nitrogens with zero attached hydrogens (tertiary/aromatic N) is 2. The van der Waals surface area contributed by atoms with E-state index in [9.17, 15) is 13.2 Å². The molecule has 10 nitrogen and oxygen atoms in total. The van der Waals surface area contributed by atoms with Gasteiger partial charge in [-0.15, -0.1) is 11.3 Å². The second-order valence-electron chi connectivity index (χ2n) is 7.06. The first-order chi connectivity index (χ1) is 16.5. The third-order valence-corrected chi connectivity index (χ3v) is 6.97. The molecule has 0 saturated heterocycles. The van der Waals surface area contributed by atoms with Crippen molar-refractivity contribution in [3.8, 4) is 22.3 Å². The topological polar surface area (TPSA) is 130 Å². The van der Waals surface area contributed by atoms with Gasteiger partial charge in [0.2, 0.25) is 5.82 Å². The number of carbonyl (C=O) groups is 1. The van der Waals surface area contributed by atoms with E-state index in [1.165, 1.54) is 47.7 Å². The Morgan fingerprint density at radius 3 is 2.62 bits per heavy atom. The molecule has 34 heavy (non-hydrogen) atoms. The van der Waals surface area contributed by atoms with Crippen molar-refractivity contribution < 1.29 is 31.9 Å². The first-order valence-corrected chi connectivity index (χ1v) is 12.4. The van der Waals surface area contributed by atoms with E-state index in [0.29, 0.717) is 30.6 Å². The van der Waals surface area contributed by atoms with E-state index in [0.717, 1.165) is 4.88 Å². The molecule has 1 aliphatic heterocycles. The van der Waals surface area contributed by atoms with Crippen molar-refractivity contribution in [1.29, 1.82) is 0 Å². The minimum atomic E-state index is -3.87. The van der Waals surface area contributed by atoms with Gasteiger partial charge in [-0.25, -0.2) is 13.2 Å². The molecule has 5 rings (SSSR count). The van der Waals surface area contributed by atoms with Gasteiger partial charge in [0.15, 0.2) is 18.1 Å². The van der Waals surface area contributed by atoms with E-state index in [4.69, 9.17) is 18.7 Å². The Morgan fingerprint density at radius 2 is 1.85 bits per heavy atom. The Hall–Kier alpha value is -3.90. The third kappa shape index (κ3) is 4.72. The van der Waals surface area contributed by atoms with Gasteiger partial charge in [-0.1, -0.05) is 11.2 Å². The predicted octanol–water partition coefficient (Wildman–Crippen LogP) is 3.73. The lowest BCUT2D eigenvalue weighted by molar-refractivity contribution is 0.0459. The van der Waals surface area contributed by atoms with Gasteiger partial charge in [0.1, 0.15) is 13.2 Å². The van der Waals surface area contributed by atoms with Gasteiger partial charge in [0, 0.05) is 11.8 Å². The van der Waals surface area contributed by atoms with E-state index in [1.54, 1.807) is 6.07 Å². The van der Waals surface area contributed by atoms with Crippen LogP contribution in [0.4, 0.5) is 5.69 Å². The molecule has 2 aromatic carbocycles. The molecule has 174 valence electrons. The van der Waals surface area contributed by atoms with Crippen LogP contribution in [0.1, 0.15) is 16.2 Å². The van der Waals surface area contributed by atoms with E-state index in [2.05, 4.69) is 14.9 Å². The largest absolute Gasteiger partial charge is 0.486 e. The number of hydrogen-bond acceptors (Lipinski definition) is 10. The molecule has 0 spiro atoms. The Kier molecular flexibility index (Phi) is 5.90. The minimum Gasteiger partial charge on any atom is -0.486 e. The van der Waals surface area contributed by atoms with Crippen molar-refractivity contribution in [1.82, 2.24) is 10.1 Å². The molecule has 0 saturated carbocycles. The highest BCUT2D eigenvalue weighted by Crippen LogP contribution is 2.32. The maximum Gasteiger partial charge on any atom is 0.338 e. The van der Waals surface area contributed by atoms with Crippen LogP contribution >= 0.6 is 11.3 Å². The molecule has 1 aliphatic rings. The van der Waals surface area contributed by atoms with Crippen LogP contribution in [0.15, 0.2) is 69.4 Å². The van der Waals surface area contributed by atoms with Gasteiger partial charge < -0.3 is 18.7 Å². The van der Waals surface area contributed by atoms with Crippen molar-refractivity contribution in [2.24, 2.45) is 0 Å². The molecule has 1 N–H and O–H groups in total. The summed E-state index contributed by atoms with van der Waals surface area (Å²) in [5.41, 5.74) is 0.523. The average Bonchev–Trinajstić information content (AvgIpc) is 3.55. The van der Waals surface area contributed by atoms with Crippen LogP contribution in [-0.2, 0) is 21.4 Å². The highest BCUT2D eigenvalue weighted by Gasteiger charge is 2.20. The number of sulfonamides is 1. The van der Waals surface area contributed by atoms with Gasteiger partial charge in [0.25, 0.3) is 15.9 Å². The van der Waals surface area contributed by atoms with Gasteiger partial charge >= 0.3 is 5.97 Å². The van der Waals surface area contributed by atoms with Crippen molar-refractivity contribution in [2.45, 2.75) is 11.5 Å². The molecule has 2 aromatic heterocycles. The quantitative estimate of drug-likeness (QED) is 0.378. The van der Waals surface area contributed by atoms with Crippen molar-refractivity contribution in [3.63, 3.8) is 0 Å². The first kappa shape index (κ1) is 21.9. The zero-order valence-electron chi connectivity index (χ0n) is 17.5. The van der Waals surface area contributed by atoms with Crippen LogP contribution in [0.2, 0.25) is 0 Å². The molecule has 0 amide bonds. The molecule has 4 aromatic rings. The monoisotopic (exact) mass is 499 g/mol. The number of thiophene rings is 1. The van der Waals surface area contributed by atoms with Crippen LogP contribution in [0.3, 0.4) is 0 Å². The van der Waals surface area contributed by atoms with Gasteiger partial charge in [-0.2, -0.15) is 4.98 Å². The SMILES string of the molecule is O=C(OCc1noc(-c2cccs2)n1)c1ccc(NS(=O)(=O)c2ccc3c(c2)OCCO3)cc1. The molecule has 0 aliphatic carbocycles. The number of aromatic nitrogens is 2.